The van der Waals surface area contributed by atoms with Gasteiger partial charge in [-0.15, -0.1) is 11.3 Å². The fourth-order valence-electron chi connectivity index (χ4n) is 4.93. The minimum atomic E-state index is -0.0868. The van der Waals surface area contributed by atoms with Gasteiger partial charge in [-0.05, 0) is 50.2 Å². The molecule has 1 N–H and O–H groups in total. The molecule has 6 heteroatoms. The molecule has 4 heterocycles. The number of anilines is 1. The topological polar surface area (TPSA) is 48.5 Å². The van der Waals surface area contributed by atoms with Gasteiger partial charge in [0.05, 0.1) is 5.54 Å². The first-order valence-electron chi connectivity index (χ1n) is 10.5. The number of benzene rings is 1. The third-order valence-corrected chi connectivity index (χ3v) is 7.54. The van der Waals surface area contributed by atoms with Crippen LogP contribution in [0.4, 0.5) is 5.13 Å². The molecule has 28 heavy (non-hydrogen) atoms. The number of nitrogens with one attached hydrogen (secondary N) is 1. The van der Waals surface area contributed by atoms with Crippen LogP contribution in [0.25, 0.3) is 0 Å². The van der Waals surface area contributed by atoms with E-state index in [1.165, 1.54) is 34.8 Å². The van der Waals surface area contributed by atoms with E-state index in [4.69, 9.17) is 0 Å². The Hall–Kier alpha value is -1.92. The third kappa shape index (κ3) is 3.55. The molecule has 3 aliphatic heterocycles. The van der Waals surface area contributed by atoms with Gasteiger partial charge >= 0.3 is 0 Å². The Balaban J connectivity index is 1.24. The molecule has 2 fully saturated rings. The highest BCUT2D eigenvalue weighted by molar-refractivity contribution is 7.15. The minimum absolute atomic E-state index is 0.0868. The van der Waals surface area contributed by atoms with E-state index in [0.29, 0.717) is 0 Å². The third-order valence-electron chi connectivity index (χ3n) is 6.49. The molecule has 0 unspecified atom stereocenters. The number of thiazole rings is 1. The summed E-state index contributed by atoms with van der Waals surface area (Å²) in [5.74, 6) is 0.0973. The van der Waals surface area contributed by atoms with E-state index < -0.39 is 0 Å². The minimum Gasteiger partial charge on any atom is -0.348 e. The molecular weight excluding hydrogens is 368 g/mol. The Bertz CT molecular complexity index is 860. The number of carbonyl (C=O) groups excluding carboxylic acids is 1. The number of carbonyl (C=O) groups is 1. The normalized spacial score (nSPS) is 25.6. The summed E-state index contributed by atoms with van der Waals surface area (Å²) >= 11 is 1.84. The van der Waals surface area contributed by atoms with E-state index in [1.54, 1.807) is 0 Å². The largest absolute Gasteiger partial charge is 0.348 e. The predicted octanol–water partition coefficient (Wildman–Crippen LogP) is 3.45. The van der Waals surface area contributed by atoms with Gasteiger partial charge < -0.3 is 10.2 Å². The van der Waals surface area contributed by atoms with Crippen molar-refractivity contribution in [2.45, 2.75) is 50.6 Å². The number of hydrogen-bond donors (Lipinski definition) is 1. The smallest absolute Gasteiger partial charge is 0.252 e. The Kier molecular flexibility index (Phi) is 4.85. The second-order valence-electron chi connectivity index (χ2n) is 8.51. The summed E-state index contributed by atoms with van der Waals surface area (Å²) in [6, 6.07) is 8.05. The average Bonchev–Trinajstić information content (AvgIpc) is 3.32. The van der Waals surface area contributed by atoms with Gasteiger partial charge in [-0.2, -0.15) is 0 Å². The summed E-state index contributed by atoms with van der Waals surface area (Å²) in [7, 11) is 0. The SMILES string of the molecule is O=C1N[C@@]2(CCc3ccccc31)CCN(Cc1cnc(N3CCCCC3)s1)C2. The molecule has 1 amide bonds. The van der Waals surface area contributed by atoms with Crippen LogP contribution >= 0.6 is 11.3 Å². The highest BCUT2D eigenvalue weighted by atomic mass is 32.1. The van der Waals surface area contributed by atoms with Crippen LogP contribution < -0.4 is 10.2 Å². The van der Waals surface area contributed by atoms with Gasteiger partial charge in [0, 0.05) is 49.4 Å². The van der Waals surface area contributed by atoms with Crippen molar-refractivity contribution in [1.82, 2.24) is 15.2 Å². The van der Waals surface area contributed by atoms with E-state index in [1.807, 2.05) is 29.5 Å². The molecule has 0 saturated carbocycles. The van der Waals surface area contributed by atoms with Crippen LogP contribution in [0.3, 0.4) is 0 Å². The van der Waals surface area contributed by atoms with Crippen LogP contribution in [0.2, 0.25) is 0 Å². The van der Waals surface area contributed by atoms with Crippen LogP contribution in [0.15, 0.2) is 30.5 Å². The summed E-state index contributed by atoms with van der Waals surface area (Å²) in [6.07, 6.45) is 9.00. The van der Waals surface area contributed by atoms with Crippen LogP contribution in [0, 0.1) is 0 Å². The van der Waals surface area contributed by atoms with Crippen LogP contribution in [-0.2, 0) is 13.0 Å². The van der Waals surface area contributed by atoms with Gasteiger partial charge in [-0.25, -0.2) is 4.98 Å². The predicted molar refractivity (Wildman–Crippen MR) is 113 cm³/mol. The summed E-state index contributed by atoms with van der Waals surface area (Å²) in [5.41, 5.74) is 1.95. The van der Waals surface area contributed by atoms with E-state index in [9.17, 15) is 4.79 Å². The van der Waals surface area contributed by atoms with Gasteiger partial charge in [-0.3, -0.25) is 9.69 Å². The van der Waals surface area contributed by atoms with Crippen molar-refractivity contribution < 1.29 is 4.79 Å². The van der Waals surface area contributed by atoms with Crippen molar-refractivity contribution in [2.24, 2.45) is 0 Å². The summed E-state index contributed by atoms with van der Waals surface area (Å²) in [4.78, 5) is 23.7. The maximum absolute atomic E-state index is 12.8. The van der Waals surface area contributed by atoms with Crippen molar-refractivity contribution in [3.63, 3.8) is 0 Å². The Labute approximate surface area is 170 Å². The number of piperidine rings is 1. The molecule has 1 aromatic carbocycles. The van der Waals surface area contributed by atoms with Crippen LogP contribution in [-0.4, -0.2) is 47.5 Å². The number of fused-ring (bicyclic) bond motifs is 1. The maximum Gasteiger partial charge on any atom is 0.252 e. The van der Waals surface area contributed by atoms with Crippen molar-refractivity contribution >= 4 is 22.4 Å². The number of nitrogens with zero attached hydrogens (tertiary/aromatic N) is 3. The van der Waals surface area contributed by atoms with Gasteiger partial charge in [-0.1, -0.05) is 18.2 Å². The molecular formula is C22H28N4OS. The zero-order valence-electron chi connectivity index (χ0n) is 16.3. The van der Waals surface area contributed by atoms with E-state index in [-0.39, 0.29) is 11.4 Å². The molecule has 0 aliphatic carbocycles. The van der Waals surface area contributed by atoms with Crippen molar-refractivity contribution in [2.75, 3.05) is 31.1 Å². The first-order valence-corrected chi connectivity index (χ1v) is 11.3. The molecule has 148 valence electrons. The Morgan fingerprint density at radius 3 is 2.86 bits per heavy atom. The maximum atomic E-state index is 12.8. The summed E-state index contributed by atoms with van der Waals surface area (Å²) in [5, 5.41) is 4.56. The molecule has 5 rings (SSSR count). The quantitative estimate of drug-likeness (QED) is 0.863. The van der Waals surface area contributed by atoms with Crippen molar-refractivity contribution in [1.29, 1.82) is 0 Å². The zero-order chi connectivity index (χ0) is 19.0. The van der Waals surface area contributed by atoms with Crippen LogP contribution in [0.5, 0.6) is 0 Å². The standard InChI is InChI=1S/C22H28N4OS/c27-20-19-7-3-2-6-17(19)8-9-22(24-20)10-13-25(16-22)15-18-14-23-21(28-18)26-11-4-1-5-12-26/h2-3,6-7,14H,1,4-5,8-13,15-16H2,(H,24,27)/t22-/m0/s1. The number of aryl methyl sites for hydroxylation is 1. The van der Waals surface area contributed by atoms with Crippen molar-refractivity contribution in [3.8, 4) is 0 Å². The summed E-state index contributed by atoms with van der Waals surface area (Å²) < 4.78 is 0. The Morgan fingerprint density at radius 1 is 1.11 bits per heavy atom. The van der Waals surface area contributed by atoms with Gasteiger partial charge in [0.15, 0.2) is 5.13 Å². The van der Waals surface area contributed by atoms with Gasteiger partial charge in [0.25, 0.3) is 5.91 Å². The molecule has 1 atom stereocenters. The lowest BCUT2D eigenvalue weighted by Crippen LogP contribution is -2.49. The second-order valence-corrected chi connectivity index (χ2v) is 9.60. The molecule has 0 bridgehead atoms. The number of hydrogen-bond acceptors (Lipinski definition) is 5. The number of rotatable bonds is 3. The van der Waals surface area contributed by atoms with E-state index in [2.05, 4.69) is 32.4 Å². The van der Waals surface area contributed by atoms with Gasteiger partial charge in [0.1, 0.15) is 0 Å². The first-order chi connectivity index (χ1) is 13.7. The lowest BCUT2D eigenvalue weighted by Gasteiger charge is -2.29. The van der Waals surface area contributed by atoms with E-state index >= 15 is 0 Å². The van der Waals surface area contributed by atoms with E-state index in [0.717, 1.165) is 57.5 Å². The number of likely N-dealkylation sites (tertiary alicyclic amines) is 1. The first kappa shape index (κ1) is 18.1. The molecule has 5 nitrogen and oxygen atoms in total. The van der Waals surface area contributed by atoms with Gasteiger partial charge in [0.2, 0.25) is 0 Å². The molecule has 3 aliphatic rings. The molecule has 2 aromatic rings. The zero-order valence-corrected chi connectivity index (χ0v) is 17.1. The molecule has 2 saturated heterocycles. The molecule has 1 aromatic heterocycles. The second kappa shape index (κ2) is 7.48. The lowest BCUT2D eigenvalue weighted by atomic mass is 9.91. The highest BCUT2D eigenvalue weighted by Crippen LogP contribution is 2.33. The number of amides is 1. The number of aromatic nitrogens is 1. The Morgan fingerprint density at radius 2 is 1.96 bits per heavy atom. The summed E-state index contributed by atoms with van der Waals surface area (Å²) in [6.45, 7) is 5.20. The average molecular weight is 397 g/mol. The highest BCUT2D eigenvalue weighted by Gasteiger charge is 2.41. The molecule has 0 radical (unpaired) electrons. The monoisotopic (exact) mass is 396 g/mol. The molecule has 1 spiro atoms. The van der Waals surface area contributed by atoms with Crippen LogP contribution in [0.1, 0.15) is 52.9 Å². The van der Waals surface area contributed by atoms with Crippen molar-refractivity contribution in [3.05, 3.63) is 46.5 Å². The fraction of sp³-hybridized carbons (Fsp3) is 0.545. The lowest BCUT2D eigenvalue weighted by molar-refractivity contribution is 0.0902. The fourth-order valence-corrected chi connectivity index (χ4v) is 5.93.